The summed E-state index contributed by atoms with van der Waals surface area (Å²) >= 11 is 0. The normalized spacial score (nSPS) is 11.3. The van der Waals surface area contributed by atoms with Crippen molar-refractivity contribution in [2.75, 3.05) is 26.3 Å². The van der Waals surface area contributed by atoms with Gasteiger partial charge in [0, 0.05) is 13.1 Å². The zero-order valence-corrected chi connectivity index (χ0v) is 14.0. The van der Waals surface area contributed by atoms with Gasteiger partial charge in [0.1, 0.15) is 0 Å². The van der Waals surface area contributed by atoms with E-state index in [9.17, 15) is 0 Å². The molecule has 5 heteroatoms. The maximum Gasteiger partial charge on any atom is 0.188 e. The average molecular weight is 307 g/mol. The van der Waals surface area contributed by atoms with Crippen molar-refractivity contribution in [3.63, 3.8) is 0 Å². The summed E-state index contributed by atoms with van der Waals surface area (Å²) < 4.78 is 11.2. The lowest BCUT2D eigenvalue weighted by atomic mass is 10.1. The molecular weight excluding hydrogens is 278 g/mol. The van der Waals surface area contributed by atoms with Crippen LogP contribution in [0.4, 0.5) is 0 Å². The van der Waals surface area contributed by atoms with Gasteiger partial charge in [-0.05, 0) is 44.4 Å². The van der Waals surface area contributed by atoms with E-state index >= 15 is 0 Å². The molecule has 0 amide bonds. The van der Waals surface area contributed by atoms with Crippen molar-refractivity contribution in [1.29, 1.82) is 0 Å². The zero-order valence-electron chi connectivity index (χ0n) is 14.0. The molecule has 0 unspecified atom stereocenters. The largest absolute Gasteiger partial charge is 0.490 e. The topological polar surface area (TPSA) is 68.9 Å². The number of nitrogens with two attached hydrogens (primary N) is 1. The van der Waals surface area contributed by atoms with Gasteiger partial charge in [-0.15, -0.1) is 0 Å². The number of unbranched alkanes of at least 4 members (excludes halogenated alkanes) is 1. The molecule has 0 aliphatic rings. The number of rotatable bonds is 10. The molecule has 22 heavy (non-hydrogen) atoms. The molecule has 0 aliphatic heterocycles. The zero-order chi connectivity index (χ0) is 16.2. The molecule has 0 saturated heterocycles. The fraction of sp³-hybridized carbons (Fsp3) is 0.588. The van der Waals surface area contributed by atoms with Crippen LogP contribution in [0, 0.1) is 0 Å². The van der Waals surface area contributed by atoms with Crippen molar-refractivity contribution < 1.29 is 9.47 Å². The Labute approximate surface area is 133 Å². The number of ether oxygens (including phenoxy) is 2. The molecule has 0 heterocycles. The molecule has 0 aromatic heterocycles. The Kier molecular flexibility index (Phi) is 8.88. The number of nitrogens with one attached hydrogen (secondary N) is 1. The second-order valence-corrected chi connectivity index (χ2v) is 4.94. The summed E-state index contributed by atoms with van der Waals surface area (Å²) in [4.78, 5) is 4.27. The van der Waals surface area contributed by atoms with Gasteiger partial charge in [0.05, 0.1) is 13.2 Å². The second kappa shape index (κ2) is 10.8. The van der Waals surface area contributed by atoms with Crippen LogP contribution in [0.2, 0.25) is 0 Å². The third kappa shape index (κ3) is 6.70. The van der Waals surface area contributed by atoms with Crippen molar-refractivity contribution in [3.8, 4) is 11.5 Å². The molecule has 5 nitrogen and oxygen atoms in total. The van der Waals surface area contributed by atoms with Gasteiger partial charge in [-0.3, -0.25) is 4.99 Å². The van der Waals surface area contributed by atoms with E-state index in [1.54, 1.807) is 0 Å². The van der Waals surface area contributed by atoms with Crippen LogP contribution in [-0.2, 0) is 6.42 Å². The molecule has 1 aromatic rings. The third-order valence-electron chi connectivity index (χ3n) is 3.12. The van der Waals surface area contributed by atoms with E-state index < -0.39 is 0 Å². The highest BCUT2D eigenvalue weighted by molar-refractivity contribution is 5.77. The average Bonchev–Trinajstić information content (AvgIpc) is 2.50. The first-order valence-corrected chi connectivity index (χ1v) is 8.13. The van der Waals surface area contributed by atoms with E-state index in [0.29, 0.717) is 19.2 Å². The van der Waals surface area contributed by atoms with Crippen LogP contribution < -0.4 is 20.5 Å². The summed E-state index contributed by atoms with van der Waals surface area (Å²) in [5, 5.41) is 3.14. The van der Waals surface area contributed by atoms with Crippen LogP contribution in [-0.4, -0.2) is 32.3 Å². The van der Waals surface area contributed by atoms with E-state index in [-0.39, 0.29) is 0 Å². The molecule has 1 rings (SSSR count). The van der Waals surface area contributed by atoms with E-state index in [0.717, 1.165) is 43.9 Å². The Hall–Kier alpha value is -1.91. The second-order valence-electron chi connectivity index (χ2n) is 4.94. The summed E-state index contributed by atoms with van der Waals surface area (Å²) in [6, 6.07) is 6.04. The first-order chi connectivity index (χ1) is 10.7. The molecule has 0 saturated carbocycles. The quantitative estimate of drug-likeness (QED) is 0.396. The summed E-state index contributed by atoms with van der Waals surface area (Å²) in [5.41, 5.74) is 7.00. The first-order valence-electron chi connectivity index (χ1n) is 8.13. The molecule has 0 bridgehead atoms. The molecule has 0 atom stereocenters. The lowest BCUT2D eigenvalue weighted by Gasteiger charge is -2.12. The van der Waals surface area contributed by atoms with Crippen LogP contribution in [0.1, 0.15) is 39.2 Å². The highest BCUT2D eigenvalue weighted by Crippen LogP contribution is 2.28. The minimum atomic E-state index is 0.518. The van der Waals surface area contributed by atoms with Crippen LogP contribution >= 0.6 is 0 Å². The van der Waals surface area contributed by atoms with E-state index in [4.69, 9.17) is 15.2 Å². The fourth-order valence-corrected chi connectivity index (χ4v) is 2.00. The molecular formula is C17H29N3O2. The van der Waals surface area contributed by atoms with Crippen molar-refractivity contribution in [2.45, 2.75) is 40.0 Å². The van der Waals surface area contributed by atoms with E-state index in [2.05, 4.69) is 23.3 Å². The lowest BCUT2D eigenvalue weighted by Crippen LogP contribution is -2.33. The highest BCUT2D eigenvalue weighted by atomic mass is 16.5. The Morgan fingerprint density at radius 3 is 2.55 bits per heavy atom. The standard InChI is InChI=1S/C17H29N3O2/c1-4-7-11-19-17(18)20-12-10-14-8-9-15(21-5-2)16(13-14)22-6-3/h8-9,13H,4-7,10-12H2,1-3H3,(H3,18,19,20). The van der Waals surface area contributed by atoms with Gasteiger partial charge in [-0.1, -0.05) is 19.4 Å². The van der Waals surface area contributed by atoms with Crippen molar-refractivity contribution >= 4 is 5.96 Å². The number of nitrogens with zero attached hydrogens (tertiary/aromatic N) is 1. The SMILES string of the molecule is CCCCN=C(N)NCCc1ccc(OCC)c(OCC)c1. The molecule has 0 radical (unpaired) electrons. The van der Waals surface area contributed by atoms with Crippen LogP contribution in [0.15, 0.2) is 23.2 Å². The van der Waals surface area contributed by atoms with Gasteiger partial charge in [-0.2, -0.15) is 0 Å². The number of aliphatic imine (C=N–C) groups is 1. The van der Waals surface area contributed by atoms with Crippen LogP contribution in [0.3, 0.4) is 0 Å². The maximum atomic E-state index is 5.81. The molecule has 0 aliphatic carbocycles. The van der Waals surface area contributed by atoms with Gasteiger partial charge in [0.2, 0.25) is 0 Å². The predicted molar refractivity (Wildman–Crippen MR) is 91.9 cm³/mol. The maximum absolute atomic E-state index is 5.81. The van der Waals surface area contributed by atoms with Gasteiger partial charge in [0.15, 0.2) is 17.5 Å². The number of hydrogen-bond acceptors (Lipinski definition) is 3. The van der Waals surface area contributed by atoms with Crippen molar-refractivity contribution in [2.24, 2.45) is 10.7 Å². The Balaban J connectivity index is 2.51. The van der Waals surface area contributed by atoms with Gasteiger partial charge in [0.25, 0.3) is 0 Å². The minimum Gasteiger partial charge on any atom is -0.490 e. The van der Waals surface area contributed by atoms with Crippen molar-refractivity contribution in [1.82, 2.24) is 5.32 Å². The smallest absolute Gasteiger partial charge is 0.188 e. The molecule has 3 N–H and O–H groups in total. The van der Waals surface area contributed by atoms with Gasteiger partial charge >= 0.3 is 0 Å². The molecule has 124 valence electrons. The van der Waals surface area contributed by atoms with Crippen molar-refractivity contribution in [3.05, 3.63) is 23.8 Å². The third-order valence-corrected chi connectivity index (χ3v) is 3.12. The summed E-state index contributed by atoms with van der Waals surface area (Å²) in [6.07, 6.45) is 3.05. The van der Waals surface area contributed by atoms with Crippen LogP contribution in [0.5, 0.6) is 11.5 Å². The summed E-state index contributed by atoms with van der Waals surface area (Å²) in [6.45, 7) is 8.87. The monoisotopic (exact) mass is 307 g/mol. The number of benzene rings is 1. The number of guanidine groups is 1. The molecule has 0 fully saturated rings. The van der Waals surface area contributed by atoms with E-state index in [1.165, 1.54) is 5.56 Å². The predicted octanol–water partition coefficient (Wildman–Crippen LogP) is 2.73. The van der Waals surface area contributed by atoms with Gasteiger partial charge in [-0.25, -0.2) is 0 Å². The first kappa shape index (κ1) is 18.1. The van der Waals surface area contributed by atoms with Gasteiger partial charge < -0.3 is 20.5 Å². The lowest BCUT2D eigenvalue weighted by molar-refractivity contribution is 0.287. The summed E-state index contributed by atoms with van der Waals surface area (Å²) in [5.74, 6) is 2.11. The van der Waals surface area contributed by atoms with E-state index in [1.807, 2.05) is 26.0 Å². The minimum absolute atomic E-state index is 0.518. The van der Waals surface area contributed by atoms with Crippen LogP contribution in [0.25, 0.3) is 0 Å². The molecule has 1 aromatic carbocycles. The summed E-state index contributed by atoms with van der Waals surface area (Å²) in [7, 11) is 0. The fourth-order valence-electron chi connectivity index (χ4n) is 2.00. The Morgan fingerprint density at radius 1 is 1.14 bits per heavy atom. The molecule has 0 spiro atoms. The highest BCUT2D eigenvalue weighted by Gasteiger charge is 2.06. The number of hydrogen-bond donors (Lipinski definition) is 2. The Bertz CT molecular complexity index is 461. The Morgan fingerprint density at radius 2 is 1.86 bits per heavy atom.